The highest BCUT2D eigenvalue weighted by Crippen LogP contribution is 2.25. The van der Waals surface area contributed by atoms with Crippen LogP contribution in [0, 0.1) is 13.8 Å². The van der Waals surface area contributed by atoms with E-state index in [1.54, 1.807) is 6.07 Å². The van der Waals surface area contributed by atoms with Gasteiger partial charge < -0.3 is 11.1 Å². The third-order valence-electron chi connectivity index (χ3n) is 4.60. The van der Waals surface area contributed by atoms with Gasteiger partial charge in [0.2, 0.25) is 0 Å². The van der Waals surface area contributed by atoms with Crippen molar-refractivity contribution in [3.8, 4) is 11.3 Å². The molecular weight excluding hydrogens is 292 g/mol. The van der Waals surface area contributed by atoms with Gasteiger partial charge in [0.05, 0.1) is 11.4 Å². The van der Waals surface area contributed by atoms with Crippen LogP contribution in [0.3, 0.4) is 0 Å². The highest BCUT2D eigenvalue weighted by atomic mass is 16.1. The number of carbonyl (C=O) groups excluding carboxylic acids is 1. The fraction of sp³-hybridized carbons (Fsp3) is 0.562. The summed E-state index contributed by atoms with van der Waals surface area (Å²) in [5.41, 5.74) is 9.86. The molecule has 0 spiro atoms. The summed E-state index contributed by atoms with van der Waals surface area (Å²) in [6.45, 7) is 8.41. The SMILES string of the molecule is CCC(N)(CC)CNC(=O)c1cc(-c2c(C)nn(C)c2C)n[nH]1. The van der Waals surface area contributed by atoms with Crippen LogP contribution < -0.4 is 11.1 Å². The van der Waals surface area contributed by atoms with Crippen molar-refractivity contribution in [3.05, 3.63) is 23.1 Å². The molecule has 4 N–H and O–H groups in total. The number of aryl methyl sites for hydroxylation is 2. The van der Waals surface area contributed by atoms with Crippen molar-refractivity contribution in [1.82, 2.24) is 25.3 Å². The van der Waals surface area contributed by atoms with Crippen molar-refractivity contribution < 1.29 is 4.79 Å². The molecule has 0 aliphatic rings. The molecule has 7 nitrogen and oxygen atoms in total. The minimum absolute atomic E-state index is 0.195. The zero-order valence-corrected chi connectivity index (χ0v) is 14.5. The molecule has 0 atom stereocenters. The van der Waals surface area contributed by atoms with Crippen molar-refractivity contribution >= 4 is 5.91 Å². The number of nitrogens with one attached hydrogen (secondary N) is 2. The number of aromatic amines is 1. The maximum absolute atomic E-state index is 12.3. The smallest absolute Gasteiger partial charge is 0.269 e. The van der Waals surface area contributed by atoms with Gasteiger partial charge in [0.15, 0.2) is 0 Å². The van der Waals surface area contributed by atoms with Gasteiger partial charge in [-0.2, -0.15) is 10.2 Å². The first-order valence-corrected chi connectivity index (χ1v) is 7.94. The summed E-state index contributed by atoms with van der Waals surface area (Å²) < 4.78 is 1.81. The van der Waals surface area contributed by atoms with E-state index >= 15 is 0 Å². The van der Waals surface area contributed by atoms with E-state index < -0.39 is 0 Å². The minimum Gasteiger partial charge on any atom is -0.349 e. The lowest BCUT2D eigenvalue weighted by Crippen LogP contribution is -2.49. The van der Waals surface area contributed by atoms with Gasteiger partial charge in [-0.15, -0.1) is 0 Å². The van der Waals surface area contributed by atoms with Gasteiger partial charge in [-0.1, -0.05) is 13.8 Å². The van der Waals surface area contributed by atoms with Crippen LogP contribution in [-0.2, 0) is 7.05 Å². The summed E-state index contributed by atoms with van der Waals surface area (Å²) >= 11 is 0. The Kier molecular flexibility index (Phi) is 4.89. The second-order valence-electron chi connectivity index (χ2n) is 6.09. The Hall–Kier alpha value is -2.15. The van der Waals surface area contributed by atoms with E-state index in [0.29, 0.717) is 12.2 Å². The summed E-state index contributed by atoms with van der Waals surface area (Å²) in [6, 6.07) is 1.75. The fourth-order valence-corrected chi connectivity index (χ4v) is 2.56. The highest BCUT2D eigenvalue weighted by Gasteiger charge is 2.22. The molecule has 0 radical (unpaired) electrons. The van der Waals surface area contributed by atoms with Gasteiger partial charge in [0.25, 0.3) is 5.91 Å². The van der Waals surface area contributed by atoms with Crippen molar-refractivity contribution in [2.24, 2.45) is 12.8 Å². The average molecular weight is 318 g/mol. The normalized spacial score (nSPS) is 11.7. The van der Waals surface area contributed by atoms with Crippen LogP contribution >= 0.6 is 0 Å². The van der Waals surface area contributed by atoms with Crippen LogP contribution in [0.5, 0.6) is 0 Å². The van der Waals surface area contributed by atoms with E-state index in [4.69, 9.17) is 5.73 Å². The summed E-state index contributed by atoms with van der Waals surface area (Å²) in [6.07, 6.45) is 1.62. The summed E-state index contributed by atoms with van der Waals surface area (Å²) in [4.78, 5) is 12.3. The van der Waals surface area contributed by atoms with E-state index in [0.717, 1.165) is 35.5 Å². The first-order valence-electron chi connectivity index (χ1n) is 7.94. The molecule has 126 valence electrons. The predicted octanol–water partition coefficient (Wildman–Crippen LogP) is 1.67. The van der Waals surface area contributed by atoms with E-state index in [1.165, 1.54) is 0 Å². The number of rotatable bonds is 6. The molecule has 0 saturated heterocycles. The molecule has 0 aliphatic heterocycles. The number of aromatic nitrogens is 4. The van der Waals surface area contributed by atoms with Gasteiger partial charge in [-0.25, -0.2) is 0 Å². The molecule has 2 aromatic rings. The molecule has 1 amide bonds. The van der Waals surface area contributed by atoms with Crippen LogP contribution in [-0.4, -0.2) is 38.0 Å². The van der Waals surface area contributed by atoms with Crippen molar-refractivity contribution in [2.45, 2.75) is 46.1 Å². The number of hydrogen-bond donors (Lipinski definition) is 3. The molecule has 0 aromatic carbocycles. The zero-order chi connectivity index (χ0) is 17.2. The molecule has 0 unspecified atom stereocenters. The van der Waals surface area contributed by atoms with Gasteiger partial charge in [-0.3, -0.25) is 14.6 Å². The second-order valence-corrected chi connectivity index (χ2v) is 6.09. The molecule has 0 saturated carbocycles. The van der Waals surface area contributed by atoms with Crippen molar-refractivity contribution in [3.63, 3.8) is 0 Å². The third-order valence-corrected chi connectivity index (χ3v) is 4.60. The lowest BCUT2D eigenvalue weighted by molar-refractivity contribution is 0.0937. The van der Waals surface area contributed by atoms with Gasteiger partial charge in [0.1, 0.15) is 5.69 Å². The van der Waals surface area contributed by atoms with Gasteiger partial charge >= 0.3 is 0 Å². The molecule has 23 heavy (non-hydrogen) atoms. The summed E-state index contributed by atoms with van der Waals surface area (Å²) in [5.74, 6) is -0.195. The van der Waals surface area contributed by atoms with E-state index in [1.807, 2.05) is 39.4 Å². The number of H-pyrrole nitrogens is 1. The fourth-order valence-electron chi connectivity index (χ4n) is 2.56. The second kappa shape index (κ2) is 6.54. The number of nitrogens with zero attached hydrogens (tertiary/aromatic N) is 3. The Morgan fingerprint density at radius 1 is 1.39 bits per heavy atom. The molecule has 2 rings (SSSR count). The van der Waals surface area contributed by atoms with Crippen LogP contribution in [0.4, 0.5) is 0 Å². The van der Waals surface area contributed by atoms with Gasteiger partial charge in [0, 0.05) is 30.4 Å². The third kappa shape index (κ3) is 3.44. The standard InChI is InChI=1S/C16H26N6O/c1-6-16(17,7-2)9-18-15(23)13-8-12(19-20-13)14-10(3)21-22(5)11(14)4/h8H,6-7,9,17H2,1-5H3,(H,18,23)(H,19,20). The Morgan fingerprint density at radius 3 is 2.57 bits per heavy atom. The molecule has 7 heteroatoms. The predicted molar refractivity (Wildman–Crippen MR) is 90.1 cm³/mol. The van der Waals surface area contributed by atoms with Crippen LogP contribution in [0.1, 0.15) is 48.6 Å². The monoisotopic (exact) mass is 318 g/mol. The molecule has 2 aromatic heterocycles. The zero-order valence-electron chi connectivity index (χ0n) is 14.5. The van der Waals surface area contributed by atoms with Crippen molar-refractivity contribution in [2.75, 3.05) is 6.54 Å². The van der Waals surface area contributed by atoms with E-state index in [9.17, 15) is 4.79 Å². The quantitative estimate of drug-likeness (QED) is 0.754. The van der Waals surface area contributed by atoms with Crippen LogP contribution in [0.15, 0.2) is 6.07 Å². The highest BCUT2D eigenvalue weighted by molar-refractivity contribution is 5.93. The number of hydrogen-bond acceptors (Lipinski definition) is 4. The Bertz CT molecular complexity index is 695. The summed E-state index contributed by atoms with van der Waals surface area (Å²) in [5, 5.41) is 14.3. The van der Waals surface area contributed by atoms with E-state index in [-0.39, 0.29) is 11.4 Å². The van der Waals surface area contributed by atoms with E-state index in [2.05, 4.69) is 20.6 Å². The Labute approximate surface area is 136 Å². The lowest BCUT2D eigenvalue weighted by atomic mass is 9.94. The number of carbonyl (C=O) groups is 1. The first-order chi connectivity index (χ1) is 10.8. The molecule has 0 aliphatic carbocycles. The van der Waals surface area contributed by atoms with Crippen LogP contribution in [0.2, 0.25) is 0 Å². The van der Waals surface area contributed by atoms with Crippen LogP contribution in [0.25, 0.3) is 11.3 Å². The average Bonchev–Trinajstić information content (AvgIpc) is 3.10. The largest absolute Gasteiger partial charge is 0.349 e. The lowest BCUT2D eigenvalue weighted by Gasteiger charge is -2.26. The number of amides is 1. The summed E-state index contributed by atoms with van der Waals surface area (Å²) in [7, 11) is 1.89. The van der Waals surface area contributed by atoms with Gasteiger partial charge in [-0.05, 0) is 32.8 Å². The number of nitrogens with two attached hydrogens (primary N) is 1. The van der Waals surface area contributed by atoms with Crippen molar-refractivity contribution in [1.29, 1.82) is 0 Å². The molecule has 2 heterocycles. The molecule has 0 bridgehead atoms. The topological polar surface area (TPSA) is 102 Å². The Balaban J connectivity index is 2.14. The minimum atomic E-state index is -0.366. The maximum atomic E-state index is 12.3. The molecular formula is C16H26N6O. The maximum Gasteiger partial charge on any atom is 0.269 e. The first kappa shape index (κ1) is 17.2. The molecule has 0 fully saturated rings. The Morgan fingerprint density at radius 2 is 2.04 bits per heavy atom.